The summed E-state index contributed by atoms with van der Waals surface area (Å²) >= 11 is 0. The first kappa shape index (κ1) is 20.0. The Labute approximate surface area is 173 Å². The van der Waals surface area contributed by atoms with E-state index in [0.717, 1.165) is 5.82 Å². The summed E-state index contributed by atoms with van der Waals surface area (Å²) in [4.78, 5) is 20.6. The van der Waals surface area contributed by atoms with Gasteiger partial charge < -0.3 is 4.98 Å². The van der Waals surface area contributed by atoms with Crippen molar-refractivity contribution < 1.29 is 4.39 Å². The number of rotatable bonds is 6. The Bertz CT molecular complexity index is 1260. The number of benzene rings is 1. The van der Waals surface area contributed by atoms with Gasteiger partial charge in [0.15, 0.2) is 0 Å². The second-order valence-electron chi connectivity index (χ2n) is 7.46. The minimum Gasteiger partial charge on any atom is -0.322 e. The number of fused-ring (bicyclic) bond motifs is 1. The molecule has 8 heteroatoms. The molecule has 0 atom stereocenters. The number of aromatic nitrogens is 6. The van der Waals surface area contributed by atoms with Crippen molar-refractivity contribution in [1.29, 1.82) is 0 Å². The third-order valence-corrected chi connectivity index (χ3v) is 6.09. The fraction of sp³-hybridized carbons (Fsp3) is 0.364. The van der Waals surface area contributed by atoms with Crippen LogP contribution in [0.4, 0.5) is 4.39 Å². The smallest absolute Gasteiger partial charge is 0.252 e. The molecule has 0 saturated carbocycles. The van der Waals surface area contributed by atoms with Crippen LogP contribution in [-0.2, 0) is 19.0 Å². The van der Waals surface area contributed by atoms with E-state index in [-0.39, 0.29) is 11.4 Å². The van der Waals surface area contributed by atoms with Crippen LogP contribution in [0.1, 0.15) is 45.0 Å². The molecule has 4 aromatic rings. The summed E-state index contributed by atoms with van der Waals surface area (Å²) in [6.07, 6.45) is 4.44. The normalized spacial score (nSPS) is 12.0. The maximum absolute atomic E-state index is 14.6. The molecule has 156 valence electrons. The summed E-state index contributed by atoms with van der Waals surface area (Å²) in [6.45, 7) is 6.67. The molecule has 0 spiro atoms. The summed E-state index contributed by atoms with van der Waals surface area (Å²) in [7, 11) is 1.83. The highest BCUT2D eigenvalue weighted by Crippen LogP contribution is 2.36. The van der Waals surface area contributed by atoms with Crippen molar-refractivity contribution in [3.8, 4) is 11.3 Å². The molecule has 0 amide bonds. The van der Waals surface area contributed by atoms with Gasteiger partial charge in [-0.25, -0.2) is 9.37 Å². The zero-order chi connectivity index (χ0) is 21.5. The monoisotopic (exact) mass is 408 g/mol. The van der Waals surface area contributed by atoms with Gasteiger partial charge in [0.25, 0.3) is 5.56 Å². The maximum Gasteiger partial charge on any atom is 0.252 e. The van der Waals surface area contributed by atoms with E-state index in [4.69, 9.17) is 0 Å². The Morgan fingerprint density at radius 3 is 2.50 bits per heavy atom. The molecule has 0 aliphatic rings. The summed E-state index contributed by atoms with van der Waals surface area (Å²) in [5.74, 6) is 0.396. The van der Waals surface area contributed by atoms with Crippen LogP contribution in [0.25, 0.3) is 22.2 Å². The number of nitrogens with zero attached hydrogens (tertiary/aromatic N) is 5. The molecule has 0 unspecified atom stereocenters. The lowest BCUT2D eigenvalue weighted by Crippen LogP contribution is -2.36. The van der Waals surface area contributed by atoms with Crippen LogP contribution in [0.5, 0.6) is 0 Å². The molecule has 0 radical (unpaired) electrons. The number of hydrogen-bond donors (Lipinski definition) is 1. The first-order valence-corrected chi connectivity index (χ1v) is 10.2. The molecule has 30 heavy (non-hydrogen) atoms. The van der Waals surface area contributed by atoms with Crippen LogP contribution in [0.15, 0.2) is 41.6 Å². The van der Waals surface area contributed by atoms with Crippen molar-refractivity contribution >= 4 is 10.9 Å². The second-order valence-corrected chi connectivity index (χ2v) is 7.46. The lowest BCUT2D eigenvalue weighted by atomic mass is 9.75. The lowest BCUT2D eigenvalue weighted by Gasteiger charge is -2.30. The maximum atomic E-state index is 14.6. The minimum atomic E-state index is -0.548. The van der Waals surface area contributed by atoms with Crippen molar-refractivity contribution in [1.82, 2.24) is 29.5 Å². The highest BCUT2D eigenvalue weighted by molar-refractivity contribution is 5.84. The lowest BCUT2D eigenvalue weighted by molar-refractivity contribution is 0.423. The molecule has 4 rings (SSSR count). The van der Waals surface area contributed by atoms with Gasteiger partial charge >= 0.3 is 0 Å². The molecule has 0 bridgehead atoms. The number of nitrogens with one attached hydrogen (secondary N) is 1. The highest BCUT2D eigenvalue weighted by atomic mass is 19.1. The van der Waals surface area contributed by atoms with Crippen LogP contribution in [0, 0.1) is 5.82 Å². The first-order valence-electron chi connectivity index (χ1n) is 10.2. The van der Waals surface area contributed by atoms with E-state index >= 15 is 0 Å². The van der Waals surface area contributed by atoms with Gasteiger partial charge in [0.2, 0.25) is 0 Å². The van der Waals surface area contributed by atoms with Crippen molar-refractivity contribution in [2.45, 2.75) is 45.6 Å². The summed E-state index contributed by atoms with van der Waals surface area (Å²) in [5, 5.41) is 8.88. The third-order valence-electron chi connectivity index (χ3n) is 6.09. The molecule has 3 heterocycles. The van der Waals surface area contributed by atoms with Crippen molar-refractivity contribution in [3.63, 3.8) is 0 Å². The summed E-state index contributed by atoms with van der Waals surface area (Å²) in [5.41, 5.74) is 1.75. The average molecular weight is 408 g/mol. The topological polar surface area (TPSA) is 81.4 Å². The van der Waals surface area contributed by atoms with Crippen molar-refractivity contribution in [2.24, 2.45) is 7.05 Å². The molecular formula is C22H25FN6O. The quantitative estimate of drug-likeness (QED) is 0.526. The number of halogens is 1. The van der Waals surface area contributed by atoms with E-state index in [0.29, 0.717) is 47.1 Å². The predicted octanol–water partition coefficient (Wildman–Crippen LogP) is 3.79. The fourth-order valence-corrected chi connectivity index (χ4v) is 4.36. The molecule has 1 N–H and O–H groups in total. The molecule has 0 fully saturated rings. The van der Waals surface area contributed by atoms with Gasteiger partial charge in [-0.3, -0.25) is 14.2 Å². The summed E-state index contributed by atoms with van der Waals surface area (Å²) in [6, 6.07) is 6.95. The van der Waals surface area contributed by atoms with E-state index in [2.05, 4.69) is 20.2 Å². The number of H-pyrrole nitrogens is 1. The van der Waals surface area contributed by atoms with E-state index in [9.17, 15) is 9.18 Å². The zero-order valence-corrected chi connectivity index (χ0v) is 17.6. The zero-order valence-electron chi connectivity index (χ0n) is 17.6. The third kappa shape index (κ3) is 2.94. The predicted molar refractivity (Wildman–Crippen MR) is 114 cm³/mol. The first-order chi connectivity index (χ1) is 14.4. The SMILES string of the molecule is CCn1ncc2c(F)cc(-c3ccc(C(CC)(CC)c4ncnn4C)c(=O)[nH]3)cc21. The van der Waals surface area contributed by atoms with Gasteiger partial charge in [-0.2, -0.15) is 10.2 Å². The van der Waals surface area contributed by atoms with Gasteiger partial charge in [0, 0.05) is 30.4 Å². The highest BCUT2D eigenvalue weighted by Gasteiger charge is 2.37. The molecule has 0 saturated heterocycles. The molecule has 0 aliphatic carbocycles. The standard InChI is InChI=1S/C22H25FN6O/c1-5-22(6-2,21-24-13-26-28(21)4)16-8-9-18(27-20(16)30)14-10-17(23)15-12-25-29(7-3)19(15)11-14/h8-13H,5-7H2,1-4H3,(H,27,30). The Morgan fingerprint density at radius 1 is 1.13 bits per heavy atom. The fourth-order valence-electron chi connectivity index (χ4n) is 4.36. The second kappa shape index (κ2) is 7.51. The van der Waals surface area contributed by atoms with E-state index in [1.807, 2.05) is 46.0 Å². The van der Waals surface area contributed by atoms with Crippen LogP contribution < -0.4 is 5.56 Å². The van der Waals surface area contributed by atoms with Crippen LogP contribution in [-0.4, -0.2) is 29.5 Å². The van der Waals surface area contributed by atoms with Crippen LogP contribution in [0.3, 0.4) is 0 Å². The Hall–Kier alpha value is -3.29. The summed E-state index contributed by atoms with van der Waals surface area (Å²) < 4.78 is 18.1. The Morgan fingerprint density at radius 2 is 1.90 bits per heavy atom. The number of aromatic amines is 1. The molecule has 0 aliphatic heterocycles. The number of aryl methyl sites for hydroxylation is 2. The van der Waals surface area contributed by atoms with E-state index in [1.54, 1.807) is 9.36 Å². The van der Waals surface area contributed by atoms with E-state index in [1.165, 1.54) is 18.6 Å². The average Bonchev–Trinajstić information content (AvgIpc) is 3.37. The Balaban J connectivity index is 1.85. The number of pyridine rings is 1. The van der Waals surface area contributed by atoms with Gasteiger partial charge in [-0.15, -0.1) is 0 Å². The Kier molecular flexibility index (Phi) is 5.01. The van der Waals surface area contributed by atoms with Crippen molar-refractivity contribution in [2.75, 3.05) is 0 Å². The van der Waals surface area contributed by atoms with Crippen molar-refractivity contribution in [3.05, 3.63) is 64.3 Å². The van der Waals surface area contributed by atoms with Crippen LogP contribution >= 0.6 is 0 Å². The van der Waals surface area contributed by atoms with E-state index < -0.39 is 5.41 Å². The van der Waals surface area contributed by atoms with Gasteiger partial charge in [0.1, 0.15) is 18.0 Å². The van der Waals surface area contributed by atoms with Gasteiger partial charge in [-0.05, 0) is 38.0 Å². The number of hydrogen-bond acceptors (Lipinski definition) is 4. The van der Waals surface area contributed by atoms with Crippen LogP contribution in [0.2, 0.25) is 0 Å². The minimum absolute atomic E-state index is 0.205. The molecule has 7 nitrogen and oxygen atoms in total. The van der Waals surface area contributed by atoms with Gasteiger partial charge in [-0.1, -0.05) is 19.9 Å². The molecule has 1 aromatic carbocycles. The largest absolute Gasteiger partial charge is 0.322 e. The molecular weight excluding hydrogens is 383 g/mol. The molecule has 3 aromatic heterocycles. The van der Waals surface area contributed by atoms with Gasteiger partial charge in [0.05, 0.1) is 22.5 Å².